The minimum atomic E-state index is -0.854. The molecule has 0 aliphatic heterocycles. The summed E-state index contributed by atoms with van der Waals surface area (Å²) in [6, 6.07) is 12.5. The molecule has 0 saturated heterocycles. The predicted molar refractivity (Wildman–Crippen MR) is 109 cm³/mol. The van der Waals surface area contributed by atoms with Crippen LogP contribution in [0.1, 0.15) is 31.4 Å². The van der Waals surface area contributed by atoms with Gasteiger partial charge in [-0.3, -0.25) is 9.59 Å². The van der Waals surface area contributed by atoms with E-state index < -0.39 is 11.8 Å². The Hall–Kier alpha value is -3.35. The number of hydrogen-bond donors (Lipinski definition) is 2. The highest BCUT2D eigenvalue weighted by atomic mass is 16.5. The van der Waals surface area contributed by atoms with Gasteiger partial charge < -0.3 is 14.8 Å². The van der Waals surface area contributed by atoms with Gasteiger partial charge in [0.05, 0.1) is 19.4 Å². The van der Waals surface area contributed by atoms with Gasteiger partial charge in [0.15, 0.2) is 11.5 Å². The van der Waals surface area contributed by atoms with E-state index in [9.17, 15) is 9.59 Å². The molecule has 28 heavy (non-hydrogen) atoms. The van der Waals surface area contributed by atoms with E-state index in [2.05, 4.69) is 15.8 Å². The van der Waals surface area contributed by atoms with E-state index in [1.807, 2.05) is 32.9 Å². The number of para-hydroxylation sites is 1. The summed E-state index contributed by atoms with van der Waals surface area (Å²) in [6.07, 6.45) is 2.33. The van der Waals surface area contributed by atoms with Gasteiger partial charge in [-0.25, -0.2) is 5.43 Å². The average molecular weight is 383 g/mol. The number of hydrazone groups is 1. The van der Waals surface area contributed by atoms with Gasteiger partial charge in [-0.05, 0) is 55.7 Å². The smallest absolute Gasteiger partial charge is 0.329 e. The standard InChI is InChI=1S/C21H25N3O4/c1-4-12-28-18-11-10-16(13-19(18)27-5-2)14-22-24-21(26)20(25)23-17-9-7-6-8-15(17)3/h6-11,13-14H,4-5,12H2,1-3H3,(H,23,25)(H,24,26)/b22-14+. The Balaban J connectivity index is 1.97. The first kappa shape index (κ1) is 21.0. The minimum absolute atomic E-state index is 0.499. The Morgan fingerprint density at radius 1 is 1.04 bits per heavy atom. The molecule has 0 aliphatic rings. The van der Waals surface area contributed by atoms with Gasteiger partial charge in [-0.2, -0.15) is 5.10 Å². The monoisotopic (exact) mass is 383 g/mol. The van der Waals surface area contributed by atoms with Crippen molar-refractivity contribution < 1.29 is 19.1 Å². The molecule has 2 aromatic carbocycles. The van der Waals surface area contributed by atoms with E-state index in [1.54, 1.807) is 30.3 Å². The summed E-state index contributed by atoms with van der Waals surface area (Å²) in [5, 5.41) is 6.39. The number of ether oxygens (including phenoxy) is 2. The van der Waals surface area contributed by atoms with Gasteiger partial charge >= 0.3 is 11.8 Å². The fourth-order valence-corrected chi connectivity index (χ4v) is 2.31. The molecule has 7 nitrogen and oxygen atoms in total. The van der Waals surface area contributed by atoms with Gasteiger partial charge in [0.25, 0.3) is 0 Å². The van der Waals surface area contributed by atoms with Crippen molar-refractivity contribution >= 4 is 23.7 Å². The molecule has 0 aliphatic carbocycles. The second-order valence-corrected chi connectivity index (χ2v) is 5.96. The molecule has 0 radical (unpaired) electrons. The molecule has 2 rings (SSSR count). The summed E-state index contributed by atoms with van der Waals surface area (Å²) in [7, 11) is 0. The highest BCUT2D eigenvalue weighted by molar-refractivity contribution is 6.39. The summed E-state index contributed by atoms with van der Waals surface area (Å²) in [6.45, 7) is 6.85. The third-order valence-electron chi connectivity index (χ3n) is 3.71. The molecule has 2 amide bonds. The van der Waals surface area contributed by atoms with Crippen molar-refractivity contribution in [3.05, 3.63) is 53.6 Å². The van der Waals surface area contributed by atoms with Crippen LogP contribution in [0.3, 0.4) is 0 Å². The lowest BCUT2D eigenvalue weighted by Gasteiger charge is -2.11. The van der Waals surface area contributed by atoms with E-state index in [1.165, 1.54) is 6.21 Å². The molecule has 0 heterocycles. The molecule has 2 aromatic rings. The number of benzene rings is 2. The van der Waals surface area contributed by atoms with Crippen molar-refractivity contribution in [3.63, 3.8) is 0 Å². The third-order valence-corrected chi connectivity index (χ3v) is 3.71. The van der Waals surface area contributed by atoms with Crippen LogP contribution in [0.2, 0.25) is 0 Å². The van der Waals surface area contributed by atoms with Crippen LogP contribution >= 0.6 is 0 Å². The number of hydrogen-bond acceptors (Lipinski definition) is 5. The molecular weight excluding hydrogens is 358 g/mol. The lowest BCUT2D eigenvalue weighted by Crippen LogP contribution is -2.32. The van der Waals surface area contributed by atoms with E-state index in [0.717, 1.165) is 12.0 Å². The van der Waals surface area contributed by atoms with Crippen LogP contribution in [0.4, 0.5) is 5.69 Å². The maximum atomic E-state index is 12.0. The van der Waals surface area contributed by atoms with Crippen molar-refractivity contribution in [1.82, 2.24) is 5.43 Å². The first-order chi connectivity index (χ1) is 13.5. The Morgan fingerprint density at radius 3 is 2.54 bits per heavy atom. The molecule has 0 bridgehead atoms. The summed E-state index contributed by atoms with van der Waals surface area (Å²) in [5.41, 5.74) is 4.36. The lowest BCUT2D eigenvalue weighted by atomic mass is 10.2. The zero-order valence-electron chi connectivity index (χ0n) is 16.3. The quantitative estimate of drug-likeness (QED) is 0.416. The van der Waals surface area contributed by atoms with Crippen molar-refractivity contribution in [2.24, 2.45) is 5.10 Å². The van der Waals surface area contributed by atoms with E-state index in [-0.39, 0.29) is 0 Å². The van der Waals surface area contributed by atoms with Crippen LogP contribution in [0.25, 0.3) is 0 Å². The van der Waals surface area contributed by atoms with Gasteiger partial charge in [0.1, 0.15) is 0 Å². The van der Waals surface area contributed by atoms with Crippen LogP contribution in [0, 0.1) is 6.92 Å². The largest absolute Gasteiger partial charge is 0.490 e. The number of carbonyl (C=O) groups is 2. The number of amides is 2. The lowest BCUT2D eigenvalue weighted by molar-refractivity contribution is -0.136. The summed E-state index contributed by atoms with van der Waals surface area (Å²) in [5.74, 6) is -0.386. The second kappa shape index (κ2) is 10.7. The zero-order valence-corrected chi connectivity index (χ0v) is 16.3. The van der Waals surface area contributed by atoms with Crippen molar-refractivity contribution in [3.8, 4) is 11.5 Å². The number of anilines is 1. The van der Waals surface area contributed by atoms with E-state index in [4.69, 9.17) is 9.47 Å². The first-order valence-electron chi connectivity index (χ1n) is 9.14. The van der Waals surface area contributed by atoms with Crippen LogP contribution in [0.5, 0.6) is 11.5 Å². The summed E-state index contributed by atoms with van der Waals surface area (Å²) in [4.78, 5) is 23.9. The molecule has 7 heteroatoms. The molecular formula is C21H25N3O4. The van der Waals surface area contributed by atoms with Crippen molar-refractivity contribution in [2.75, 3.05) is 18.5 Å². The van der Waals surface area contributed by atoms with E-state index >= 15 is 0 Å². The Kier molecular flexibility index (Phi) is 8.02. The topological polar surface area (TPSA) is 89.0 Å². The number of rotatable bonds is 8. The van der Waals surface area contributed by atoms with Crippen LogP contribution < -0.4 is 20.2 Å². The van der Waals surface area contributed by atoms with Crippen LogP contribution in [-0.4, -0.2) is 31.2 Å². The number of carbonyl (C=O) groups excluding carboxylic acids is 2. The summed E-state index contributed by atoms with van der Waals surface area (Å²) < 4.78 is 11.2. The van der Waals surface area contributed by atoms with Gasteiger partial charge in [-0.15, -0.1) is 0 Å². The number of nitrogens with zero attached hydrogens (tertiary/aromatic N) is 1. The Labute approximate surface area is 164 Å². The third kappa shape index (κ3) is 6.12. The highest BCUT2D eigenvalue weighted by Gasteiger charge is 2.13. The van der Waals surface area contributed by atoms with Gasteiger partial charge in [-0.1, -0.05) is 25.1 Å². The maximum absolute atomic E-state index is 12.0. The SMILES string of the molecule is CCCOc1ccc(/C=N/NC(=O)C(=O)Nc2ccccc2C)cc1OCC. The van der Waals surface area contributed by atoms with E-state index in [0.29, 0.717) is 36.0 Å². The highest BCUT2D eigenvalue weighted by Crippen LogP contribution is 2.28. The molecule has 2 N–H and O–H groups in total. The molecule has 0 saturated carbocycles. The summed E-state index contributed by atoms with van der Waals surface area (Å²) >= 11 is 0. The molecule has 0 unspecified atom stereocenters. The van der Waals surface area contributed by atoms with Gasteiger partial charge in [0.2, 0.25) is 0 Å². The molecule has 0 atom stereocenters. The van der Waals surface area contributed by atoms with Crippen molar-refractivity contribution in [1.29, 1.82) is 0 Å². The maximum Gasteiger partial charge on any atom is 0.329 e. The van der Waals surface area contributed by atoms with Gasteiger partial charge in [0, 0.05) is 5.69 Å². The minimum Gasteiger partial charge on any atom is -0.490 e. The Bertz CT molecular complexity index is 849. The fourth-order valence-electron chi connectivity index (χ4n) is 2.31. The zero-order chi connectivity index (χ0) is 20.4. The van der Waals surface area contributed by atoms with Crippen molar-refractivity contribution in [2.45, 2.75) is 27.2 Å². The number of nitrogens with one attached hydrogen (secondary N) is 2. The first-order valence-corrected chi connectivity index (χ1v) is 9.14. The van der Waals surface area contributed by atoms with Crippen LogP contribution in [-0.2, 0) is 9.59 Å². The normalized spacial score (nSPS) is 10.5. The predicted octanol–water partition coefficient (Wildman–Crippen LogP) is 3.27. The van der Waals surface area contributed by atoms with Crippen LogP contribution in [0.15, 0.2) is 47.6 Å². The average Bonchev–Trinajstić information content (AvgIpc) is 2.69. The molecule has 0 spiro atoms. The Morgan fingerprint density at radius 2 is 1.82 bits per heavy atom. The molecule has 0 aromatic heterocycles. The molecule has 148 valence electrons. The fraction of sp³-hybridized carbons (Fsp3) is 0.286. The second-order valence-electron chi connectivity index (χ2n) is 5.96. The molecule has 0 fully saturated rings. The number of aryl methyl sites for hydroxylation is 1.